The van der Waals surface area contributed by atoms with Gasteiger partial charge in [-0.3, -0.25) is 9.59 Å². The number of likely N-dealkylation sites (tertiary alicyclic amines) is 1. The maximum Gasteiger partial charge on any atom is 0.321 e. The van der Waals surface area contributed by atoms with Crippen molar-refractivity contribution in [3.8, 4) is 0 Å². The average molecular weight is 372 g/mol. The number of hydrogen-bond acceptors (Lipinski definition) is 3. The molecule has 7 nitrogen and oxygen atoms in total. The highest BCUT2D eigenvalue weighted by Crippen LogP contribution is 2.21. The minimum Gasteiger partial charge on any atom is -0.343 e. The average Bonchev–Trinajstić information content (AvgIpc) is 2.94. The van der Waals surface area contributed by atoms with Gasteiger partial charge < -0.3 is 20.0 Å². The lowest BCUT2D eigenvalue weighted by molar-refractivity contribution is -0.140. The van der Waals surface area contributed by atoms with Crippen LogP contribution in [-0.2, 0) is 9.59 Å². The van der Waals surface area contributed by atoms with Gasteiger partial charge >= 0.3 is 6.03 Å². The monoisotopic (exact) mass is 372 g/mol. The molecule has 1 N–H and O–H groups in total. The van der Waals surface area contributed by atoms with Gasteiger partial charge in [0.25, 0.3) is 0 Å². The summed E-state index contributed by atoms with van der Waals surface area (Å²) >= 11 is 0. The van der Waals surface area contributed by atoms with Crippen molar-refractivity contribution >= 4 is 23.5 Å². The first-order valence-corrected chi connectivity index (χ1v) is 9.70. The zero-order chi connectivity index (χ0) is 19.2. The maximum atomic E-state index is 12.9. The first-order chi connectivity index (χ1) is 13.0. The van der Waals surface area contributed by atoms with E-state index in [1.165, 1.54) is 0 Å². The van der Waals surface area contributed by atoms with Crippen molar-refractivity contribution in [3.63, 3.8) is 0 Å². The summed E-state index contributed by atoms with van der Waals surface area (Å²) < 4.78 is 0. The Bertz CT molecular complexity index is 671. The molecule has 27 heavy (non-hydrogen) atoms. The van der Waals surface area contributed by atoms with Crippen molar-refractivity contribution in [2.24, 2.45) is 5.92 Å². The topological polar surface area (TPSA) is 73.0 Å². The Kier molecular flexibility index (Phi) is 6.32. The minimum absolute atomic E-state index is 0.00899. The SMILES string of the molecule is CC(=O)N1CCC(C(=O)N2CCCN(C(=O)Nc3ccccc3)CC2)CC1. The van der Waals surface area contributed by atoms with Gasteiger partial charge in [-0.25, -0.2) is 4.79 Å². The van der Waals surface area contributed by atoms with Gasteiger partial charge in [-0.2, -0.15) is 0 Å². The molecule has 3 rings (SSSR count). The fourth-order valence-electron chi connectivity index (χ4n) is 3.76. The summed E-state index contributed by atoms with van der Waals surface area (Å²) in [7, 11) is 0. The first kappa shape index (κ1) is 19.2. The van der Waals surface area contributed by atoms with Crippen LogP contribution >= 0.6 is 0 Å². The van der Waals surface area contributed by atoms with E-state index in [9.17, 15) is 14.4 Å². The normalized spacial score (nSPS) is 18.8. The number of urea groups is 1. The summed E-state index contributed by atoms with van der Waals surface area (Å²) in [6, 6.07) is 9.28. The molecule has 0 saturated carbocycles. The van der Waals surface area contributed by atoms with E-state index >= 15 is 0 Å². The number of rotatable bonds is 2. The largest absolute Gasteiger partial charge is 0.343 e. The number of para-hydroxylation sites is 1. The van der Waals surface area contributed by atoms with Crippen LogP contribution in [0.4, 0.5) is 10.5 Å². The summed E-state index contributed by atoms with van der Waals surface area (Å²) in [6.07, 6.45) is 2.24. The molecule has 1 aromatic rings. The van der Waals surface area contributed by atoms with Crippen LogP contribution in [0.1, 0.15) is 26.2 Å². The molecular formula is C20H28N4O3. The Morgan fingerprint density at radius 2 is 1.48 bits per heavy atom. The molecule has 0 aromatic heterocycles. The van der Waals surface area contributed by atoms with E-state index < -0.39 is 0 Å². The smallest absolute Gasteiger partial charge is 0.321 e. The summed E-state index contributed by atoms with van der Waals surface area (Å²) in [6.45, 7) is 5.32. The van der Waals surface area contributed by atoms with Gasteiger partial charge in [0.1, 0.15) is 0 Å². The van der Waals surface area contributed by atoms with Crippen molar-refractivity contribution in [1.29, 1.82) is 0 Å². The quantitative estimate of drug-likeness (QED) is 0.863. The third-order valence-electron chi connectivity index (χ3n) is 5.41. The number of nitrogens with one attached hydrogen (secondary N) is 1. The van der Waals surface area contributed by atoms with Crippen molar-refractivity contribution < 1.29 is 14.4 Å². The second-order valence-corrected chi connectivity index (χ2v) is 7.24. The minimum atomic E-state index is -0.120. The third kappa shape index (κ3) is 4.99. The Balaban J connectivity index is 1.50. The predicted molar refractivity (Wildman–Crippen MR) is 103 cm³/mol. The zero-order valence-electron chi connectivity index (χ0n) is 15.9. The van der Waals surface area contributed by atoms with Crippen LogP contribution < -0.4 is 5.32 Å². The van der Waals surface area contributed by atoms with Gasteiger partial charge in [0.15, 0.2) is 0 Å². The van der Waals surface area contributed by atoms with Crippen molar-refractivity contribution in [1.82, 2.24) is 14.7 Å². The van der Waals surface area contributed by atoms with E-state index in [-0.39, 0.29) is 23.8 Å². The second-order valence-electron chi connectivity index (χ2n) is 7.24. The number of hydrogen-bond donors (Lipinski definition) is 1. The second kappa shape index (κ2) is 8.88. The fourth-order valence-corrected chi connectivity index (χ4v) is 3.76. The molecule has 0 unspecified atom stereocenters. The number of carbonyl (C=O) groups is 3. The van der Waals surface area contributed by atoms with E-state index in [2.05, 4.69) is 5.32 Å². The first-order valence-electron chi connectivity index (χ1n) is 9.70. The summed E-state index contributed by atoms with van der Waals surface area (Å²) in [5.74, 6) is 0.240. The fraction of sp³-hybridized carbons (Fsp3) is 0.550. The van der Waals surface area contributed by atoms with Crippen molar-refractivity contribution in [2.75, 3.05) is 44.6 Å². The molecule has 2 heterocycles. The number of anilines is 1. The molecule has 1 aromatic carbocycles. The summed E-state index contributed by atoms with van der Waals surface area (Å²) in [5, 5.41) is 2.91. The zero-order valence-corrected chi connectivity index (χ0v) is 15.9. The highest BCUT2D eigenvalue weighted by atomic mass is 16.2. The lowest BCUT2D eigenvalue weighted by Crippen LogP contribution is -2.45. The molecule has 0 aliphatic carbocycles. The van der Waals surface area contributed by atoms with Crippen LogP contribution in [0, 0.1) is 5.92 Å². The molecule has 0 spiro atoms. The summed E-state index contributed by atoms with van der Waals surface area (Å²) in [4.78, 5) is 42.2. The summed E-state index contributed by atoms with van der Waals surface area (Å²) in [5.41, 5.74) is 0.775. The number of piperidine rings is 1. The molecule has 0 atom stereocenters. The van der Waals surface area contributed by atoms with Gasteiger partial charge in [0.2, 0.25) is 11.8 Å². The van der Waals surface area contributed by atoms with Crippen LogP contribution in [0.25, 0.3) is 0 Å². The van der Waals surface area contributed by atoms with Crippen LogP contribution in [0.2, 0.25) is 0 Å². The standard InChI is InChI=1S/C20H28N4O3/c1-16(25)22-12-8-17(9-13-22)19(26)23-10-5-11-24(15-14-23)20(27)21-18-6-3-2-4-7-18/h2-4,6-7,17H,5,8-15H2,1H3,(H,21,27). The molecular weight excluding hydrogens is 344 g/mol. The Morgan fingerprint density at radius 1 is 0.852 bits per heavy atom. The molecule has 2 saturated heterocycles. The number of amides is 4. The molecule has 0 bridgehead atoms. The maximum absolute atomic E-state index is 12.9. The number of benzene rings is 1. The highest BCUT2D eigenvalue weighted by Gasteiger charge is 2.30. The van der Waals surface area contributed by atoms with Crippen LogP contribution in [0.15, 0.2) is 30.3 Å². The van der Waals surface area contributed by atoms with Crippen molar-refractivity contribution in [3.05, 3.63) is 30.3 Å². The van der Waals surface area contributed by atoms with Gasteiger partial charge in [-0.1, -0.05) is 18.2 Å². The van der Waals surface area contributed by atoms with Gasteiger partial charge in [0, 0.05) is 57.8 Å². The lowest BCUT2D eigenvalue weighted by atomic mass is 9.95. The van der Waals surface area contributed by atoms with Gasteiger partial charge in [-0.15, -0.1) is 0 Å². The number of nitrogens with zero attached hydrogens (tertiary/aromatic N) is 3. The van der Waals surface area contributed by atoms with Crippen LogP contribution in [0.3, 0.4) is 0 Å². The molecule has 2 aliphatic heterocycles. The van der Waals surface area contributed by atoms with Crippen LogP contribution in [-0.4, -0.2) is 71.8 Å². The van der Waals surface area contributed by atoms with E-state index in [1.807, 2.05) is 40.1 Å². The Hall–Kier alpha value is -2.57. The van der Waals surface area contributed by atoms with Gasteiger partial charge in [-0.05, 0) is 31.4 Å². The van der Waals surface area contributed by atoms with Crippen molar-refractivity contribution in [2.45, 2.75) is 26.2 Å². The predicted octanol–water partition coefficient (Wildman–Crippen LogP) is 2.01. The molecule has 2 aliphatic rings. The number of carbonyl (C=O) groups excluding carboxylic acids is 3. The third-order valence-corrected chi connectivity index (χ3v) is 5.41. The molecule has 4 amide bonds. The van der Waals surface area contributed by atoms with E-state index in [0.29, 0.717) is 39.3 Å². The van der Waals surface area contributed by atoms with Gasteiger partial charge in [0.05, 0.1) is 0 Å². The lowest BCUT2D eigenvalue weighted by Gasteiger charge is -2.33. The molecule has 7 heteroatoms. The molecule has 2 fully saturated rings. The highest BCUT2D eigenvalue weighted by molar-refractivity contribution is 5.89. The van der Waals surface area contributed by atoms with Crippen LogP contribution in [0.5, 0.6) is 0 Å². The van der Waals surface area contributed by atoms with E-state index in [1.54, 1.807) is 11.8 Å². The van der Waals surface area contributed by atoms with E-state index in [4.69, 9.17) is 0 Å². The Morgan fingerprint density at radius 3 is 2.15 bits per heavy atom. The molecule has 146 valence electrons. The molecule has 0 radical (unpaired) electrons. The van der Waals surface area contributed by atoms with E-state index in [0.717, 1.165) is 24.9 Å². The Labute approximate surface area is 160 Å².